The van der Waals surface area contributed by atoms with E-state index in [4.69, 9.17) is 33.2 Å². The van der Waals surface area contributed by atoms with E-state index >= 15 is 0 Å². The lowest BCUT2D eigenvalue weighted by atomic mass is 9.77. The van der Waals surface area contributed by atoms with Crippen molar-refractivity contribution in [1.29, 1.82) is 0 Å². The largest absolute Gasteiger partial charge is 0.462 e. The smallest absolute Gasteiger partial charge is 0.311 e. The van der Waals surface area contributed by atoms with Gasteiger partial charge >= 0.3 is 5.97 Å². The molecule has 0 aromatic carbocycles. The predicted octanol–water partition coefficient (Wildman–Crippen LogP) is 5.57. The Balaban J connectivity index is 1.78. The molecule has 0 aliphatic carbocycles. The number of likely N-dealkylation sites (N-methyl/N-ethyl adjacent to an activating group) is 1. The lowest BCUT2D eigenvalue weighted by Crippen LogP contribution is -2.59. The zero-order chi connectivity index (χ0) is 35.0. The Morgan fingerprint density at radius 2 is 1.57 bits per heavy atom. The fourth-order valence-corrected chi connectivity index (χ4v) is 9.27. The fraction of sp³-hybridized carbons (Fsp3) is 0.973. The van der Waals surface area contributed by atoms with Gasteiger partial charge in [0.05, 0.1) is 47.6 Å². The summed E-state index contributed by atoms with van der Waals surface area (Å²) in [6, 6.07) is -0.130. The zero-order valence-electron chi connectivity index (χ0n) is 31.6. The van der Waals surface area contributed by atoms with Crippen LogP contribution in [-0.2, 0) is 38.0 Å². The lowest BCUT2D eigenvalue weighted by molar-refractivity contribution is -0.311. The van der Waals surface area contributed by atoms with Crippen LogP contribution in [0.5, 0.6) is 0 Å². The van der Waals surface area contributed by atoms with Crippen molar-refractivity contribution in [3.63, 3.8) is 0 Å². The van der Waals surface area contributed by atoms with Crippen molar-refractivity contribution in [2.45, 2.75) is 180 Å². The molecule has 4 aliphatic heterocycles. The van der Waals surface area contributed by atoms with Crippen molar-refractivity contribution in [1.82, 2.24) is 4.90 Å². The van der Waals surface area contributed by atoms with Gasteiger partial charge in [-0.05, 0) is 92.2 Å². The molecule has 4 rings (SSSR count). The van der Waals surface area contributed by atoms with Crippen molar-refractivity contribution in [3.05, 3.63) is 0 Å². The molecule has 1 N–H and O–H groups in total. The molecule has 274 valence electrons. The van der Waals surface area contributed by atoms with E-state index in [0.717, 1.165) is 25.7 Å². The number of methoxy groups -OCH3 is 1. The number of carbonyl (C=O) groups excluding carboxylic acids is 1. The Kier molecular flexibility index (Phi) is 12.9. The summed E-state index contributed by atoms with van der Waals surface area (Å²) in [6.07, 6.45) is 0.368. The number of hydrogen-bond donors (Lipinski definition) is 1. The molecule has 10 nitrogen and oxygen atoms in total. The molecule has 0 saturated carbocycles. The number of fused-ring (bicyclic) bond motifs is 2. The minimum absolute atomic E-state index is 0.00193. The summed E-state index contributed by atoms with van der Waals surface area (Å²) in [7, 11) is 5.67. The summed E-state index contributed by atoms with van der Waals surface area (Å²) in [5.41, 5.74) is -1.16. The predicted molar refractivity (Wildman–Crippen MR) is 180 cm³/mol. The van der Waals surface area contributed by atoms with Crippen molar-refractivity contribution in [2.75, 3.05) is 21.2 Å². The minimum Gasteiger partial charge on any atom is -0.462 e. The molecule has 4 saturated heterocycles. The van der Waals surface area contributed by atoms with Gasteiger partial charge in [-0.2, -0.15) is 0 Å². The molecule has 4 fully saturated rings. The first-order valence-corrected chi connectivity index (χ1v) is 18.3. The number of carbonyl (C=O) groups is 1. The number of aliphatic hydroxyl groups excluding tert-OH is 1. The summed E-state index contributed by atoms with van der Waals surface area (Å²) in [4.78, 5) is 16.1. The highest BCUT2D eigenvalue weighted by Crippen LogP contribution is 2.47. The highest BCUT2D eigenvalue weighted by atomic mass is 16.7. The molecule has 47 heavy (non-hydrogen) atoms. The Morgan fingerprint density at radius 1 is 0.894 bits per heavy atom. The van der Waals surface area contributed by atoms with E-state index in [1.165, 1.54) is 0 Å². The number of rotatable bonds is 7. The van der Waals surface area contributed by atoms with Gasteiger partial charge in [0, 0.05) is 31.9 Å². The first kappa shape index (κ1) is 38.9. The maximum absolute atomic E-state index is 14.0. The quantitative estimate of drug-likeness (QED) is 0.346. The molecule has 17 atom stereocenters. The topological polar surface area (TPSA) is 105 Å². The maximum atomic E-state index is 14.0. The molecule has 0 spiro atoms. The molecule has 1 unspecified atom stereocenters. The van der Waals surface area contributed by atoms with Crippen molar-refractivity contribution in [3.8, 4) is 0 Å². The third-order valence-corrected chi connectivity index (χ3v) is 11.8. The van der Waals surface area contributed by atoms with Gasteiger partial charge in [0.25, 0.3) is 0 Å². The number of hydrogen-bond acceptors (Lipinski definition) is 10. The maximum Gasteiger partial charge on any atom is 0.311 e. The second-order valence-corrected chi connectivity index (χ2v) is 16.5. The molecule has 0 aromatic heterocycles. The summed E-state index contributed by atoms with van der Waals surface area (Å²) in [6.45, 7) is 21.0. The highest BCUT2D eigenvalue weighted by molar-refractivity contribution is 5.73. The van der Waals surface area contributed by atoms with Crippen LogP contribution < -0.4 is 0 Å². The van der Waals surface area contributed by atoms with Gasteiger partial charge in [-0.15, -0.1) is 0 Å². The van der Waals surface area contributed by atoms with E-state index in [-0.39, 0.29) is 60.1 Å². The van der Waals surface area contributed by atoms with Crippen molar-refractivity contribution >= 4 is 5.97 Å². The van der Waals surface area contributed by atoms with Crippen LogP contribution in [-0.4, -0.2) is 110 Å². The van der Waals surface area contributed by atoms with E-state index < -0.39 is 48.0 Å². The van der Waals surface area contributed by atoms with Crippen molar-refractivity contribution in [2.24, 2.45) is 29.6 Å². The number of cyclic esters (lactones) is 1. The van der Waals surface area contributed by atoms with E-state index in [1.807, 2.05) is 39.8 Å². The molecule has 0 amide bonds. The lowest BCUT2D eigenvalue weighted by Gasteiger charge is -2.48. The number of ether oxygens (including phenoxy) is 7. The van der Waals surface area contributed by atoms with Crippen LogP contribution in [0.15, 0.2) is 0 Å². The standard InChI is InChI=1S/C37H67NO9/c1-14-28-20(2)15-21(3)31-22(4)17-37(10,47-31)33(46-35-30(39)27(38(11)12)16-23(5)43-35)25(7)32(26(8)34(40)44-28)45-29-19-36(9,41-13)18-24(6)42-29/h20-33,35,39H,14-19H2,1-13H3/t20-,21-,22-,23-,24+,25+,26-,27+,28-,29?,30-,31-,32+,33-,35+,36+,37-/m1/s1. The molecule has 4 heterocycles. The average Bonchev–Trinajstić information content (AvgIpc) is 3.31. The molecule has 0 radical (unpaired) electrons. The molecular formula is C37H67NO9. The van der Waals surface area contributed by atoms with E-state index in [1.54, 1.807) is 7.11 Å². The van der Waals surface area contributed by atoms with Gasteiger partial charge < -0.3 is 43.2 Å². The average molecular weight is 670 g/mol. The molecule has 2 bridgehead atoms. The Bertz CT molecular complexity index is 1030. The third-order valence-electron chi connectivity index (χ3n) is 11.8. The molecule has 4 aliphatic rings. The van der Waals surface area contributed by atoms with Crippen LogP contribution >= 0.6 is 0 Å². The van der Waals surface area contributed by atoms with Crippen LogP contribution in [0.25, 0.3) is 0 Å². The van der Waals surface area contributed by atoms with Gasteiger partial charge in [-0.3, -0.25) is 4.79 Å². The Labute approximate surface area is 284 Å². The normalized spacial score (nSPS) is 50.4. The summed E-state index contributed by atoms with van der Waals surface area (Å²) < 4.78 is 45.9. The van der Waals surface area contributed by atoms with Gasteiger partial charge in [-0.1, -0.05) is 34.6 Å². The van der Waals surface area contributed by atoms with Crippen LogP contribution in [0.4, 0.5) is 0 Å². The van der Waals surface area contributed by atoms with Crippen LogP contribution in [0.2, 0.25) is 0 Å². The van der Waals surface area contributed by atoms with Crippen LogP contribution in [0.1, 0.15) is 108 Å². The fourth-order valence-electron chi connectivity index (χ4n) is 9.27. The van der Waals surface area contributed by atoms with Gasteiger partial charge in [0.15, 0.2) is 12.6 Å². The zero-order valence-corrected chi connectivity index (χ0v) is 31.6. The minimum atomic E-state index is -0.878. The van der Waals surface area contributed by atoms with E-state index in [9.17, 15) is 9.90 Å². The summed E-state index contributed by atoms with van der Waals surface area (Å²) >= 11 is 0. The SMILES string of the molecule is CC[C@H]1OC(=O)[C@H](C)[C@@H](OC2C[C@@](C)(OC)C[C@H](C)O2)[C@H](C)[C@@H](O[C@@H]2O[C@H](C)C[C@H](N(C)C)[C@H]2O)[C@@]2(C)C[C@@H](C)[C@H](O2)[C@H](C)C[C@H]1C. The number of esters is 1. The van der Waals surface area contributed by atoms with E-state index in [2.05, 4.69) is 48.5 Å². The van der Waals surface area contributed by atoms with Gasteiger partial charge in [-0.25, -0.2) is 0 Å². The molecule has 10 heteroatoms. The van der Waals surface area contributed by atoms with Crippen LogP contribution in [0, 0.1) is 29.6 Å². The number of aliphatic hydroxyl groups is 1. The third kappa shape index (κ3) is 8.73. The highest BCUT2D eigenvalue weighted by Gasteiger charge is 2.55. The Morgan fingerprint density at radius 3 is 2.19 bits per heavy atom. The van der Waals surface area contributed by atoms with Crippen LogP contribution in [0.3, 0.4) is 0 Å². The molecular weight excluding hydrogens is 602 g/mol. The van der Waals surface area contributed by atoms with Crippen molar-refractivity contribution < 1.29 is 43.1 Å². The monoisotopic (exact) mass is 669 g/mol. The second-order valence-electron chi connectivity index (χ2n) is 16.5. The van der Waals surface area contributed by atoms with Gasteiger partial charge in [0.2, 0.25) is 0 Å². The van der Waals surface area contributed by atoms with Gasteiger partial charge in [0.1, 0.15) is 12.2 Å². The first-order valence-electron chi connectivity index (χ1n) is 18.3. The number of nitrogens with zero attached hydrogens (tertiary/aromatic N) is 1. The summed E-state index contributed by atoms with van der Waals surface area (Å²) in [5.74, 6) is -0.604. The Hall–Kier alpha value is -0.850. The first-order chi connectivity index (χ1) is 21.9. The van der Waals surface area contributed by atoms with E-state index in [0.29, 0.717) is 12.8 Å². The second kappa shape index (κ2) is 15.6. The summed E-state index contributed by atoms with van der Waals surface area (Å²) in [5, 5.41) is 11.6. The molecule has 0 aromatic rings.